The fraction of sp³-hybridized carbons (Fsp3) is 0.533. The molecule has 10 heteroatoms. The maximum absolute atomic E-state index is 11.9. The van der Waals surface area contributed by atoms with Crippen LogP contribution >= 0.6 is 8.38 Å². The van der Waals surface area contributed by atoms with E-state index in [9.17, 15) is 14.4 Å². The smallest absolute Gasteiger partial charge is 0.342 e. The monoisotopic (exact) mass is 372 g/mol. The summed E-state index contributed by atoms with van der Waals surface area (Å²) >= 11 is 0. The maximum Gasteiger partial charge on any atom is 0.342 e. The van der Waals surface area contributed by atoms with E-state index in [-0.39, 0.29) is 18.4 Å². The summed E-state index contributed by atoms with van der Waals surface area (Å²) < 4.78 is 6.62. The molecule has 0 aliphatic heterocycles. The van der Waals surface area contributed by atoms with E-state index in [1.54, 1.807) is 6.92 Å². The number of aliphatic carboxylic acids is 1. The second kappa shape index (κ2) is 8.53. The predicted octanol–water partition coefficient (Wildman–Crippen LogP) is 0.151. The summed E-state index contributed by atoms with van der Waals surface area (Å²) in [5, 5.41) is 8.95. The van der Waals surface area contributed by atoms with E-state index in [1.807, 2.05) is 12.2 Å². The number of carbonyl (C=O) groups is 1. The molecule has 0 aromatic carbocycles. The van der Waals surface area contributed by atoms with Crippen molar-refractivity contribution in [2.45, 2.75) is 32.2 Å². The van der Waals surface area contributed by atoms with E-state index in [0.717, 1.165) is 0 Å². The Morgan fingerprint density at radius 3 is 2.60 bits per heavy atom. The average molecular weight is 372 g/mol. The number of hydrogen-bond donors (Lipinski definition) is 4. The van der Waals surface area contributed by atoms with Crippen LogP contribution in [0.1, 0.15) is 18.4 Å². The normalized spacial score (nSPS) is 21.4. The van der Waals surface area contributed by atoms with Gasteiger partial charge in [0, 0.05) is 18.3 Å². The summed E-state index contributed by atoms with van der Waals surface area (Å²) in [6.45, 7) is 1.99. The Labute approximate surface area is 144 Å². The predicted molar refractivity (Wildman–Crippen MR) is 90.1 cm³/mol. The second-order valence-electron chi connectivity index (χ2n) is 6.03. The molecule has 3 unspecified atom stereocenters. The van der Waals surface area contributed by atoms with Gasteiger partial charge in [-0.05, 0) is 31.6 Å². The first kappa shape index (κ1) is 19.5. The number of aromatic nitrogens is 2. The van der Waals surface area contributed by atoms with Crippen molar-refractivity contribution < 1.29 is 24.4 Å². The summed E-state index contributed by atoms with van der Waals surface area (Å²) in [5.41, 5.74) is -0.494. The van der Waals surface area contributed by atoms with Crippen LogP contribution in [0.3, 0.4) is 0 Å². The van der Waals surface area contributed by atoms with E-state index >= 15 is 0 Å². The molecule has 1 heterocycles. The van der Waals surface area contributed by atoms with Crippen molar-refractivity contribution in [2.24, 2.45) is 11.8 Å². The first-order chi connectivity index (χ1) is 11.8. The topological polar surface area (TPSA) is 142 Å². The zero-order valence-corrected chi connectivity index (χ0v) is 14.6. The minimum atomic E-state index is -2.74. The van der Waals surface area contributed by atoms with Gasteiger partial charge < -0.3 is 24.2 Å². The fourth-order valence-electron chi connectivity index (χ4n) is 2.81. The molecule has 0 bridgehead atoms. The molecule has 4 N–H and O–H groups in total. The molecular weight excluding hydrogens is 351 g/mol. The van der Waals surface area contributed by atoms with Crippen molar-refractivity contribution in [3.63, 3.8) is 0 Å². The van der Waals surface area contributed by atoms with Crippen LogP contribution in [0.15, 0.2) is 27.9 Å². The fourth-order valence-corrected chi connectivity index (χ4v) is 3.23. The summed E-state index contributed by atoms with van der Waals surface area (Å²) in [7, 11) is -2.74. The maximum atomic E-state index is 11.9. The minimum absolute atomic E-state index is 0.00828. The molecular formula is C15H21N2O7P. The Morgan fingerprint density at radius 2 is 2.00 bits per heavy atom. The van der Waals surface area contributed by atoms with Crippen LogP contribution < -0.4 is 11.2 Å². The molecule has 0 radical (unpaired) electrons. The number of nitrogens with one attached hydrogen (secondary N) is 1. The number of carboxylic acids is 1. The van der Waals surface area contributed by atoms with Gasteiger partial charge in [-0.1, -0.05) is 12.2 Å². The number of nitrogens with zero attached hydrogens (tertiary/aromatic N) is 1. The van der Waals surface area contributed by atoms with Crippen LogP contribution in [-0.2, 0) is 16.1 Å². The SMILES string of the molecule is Cc1cn(CC2CC=CCC2COC(C(=O)O)P(O)O)c(=O)[nH]c1=O. The standard InChI is InChI=1S/C15H21N2O7P/c1-9-6-17(15(21)16-12(9)18)7-10-4-2-3-5-11(10)8-24-14(13(19)20)25(22)23/h2-3,6,10-11,14,22-23H,4-5,7-8H2,1H3,(H,19,20)(H,16,18,21). The largest absolute Gasteiger partial charge is 0.479 e. The molecule has 3 atom stereocenters. The summed E-state index contributed by atoms with van der Waals surface area (Å²) in [6.07, 6.45) is 6.72. The molecule has 0 saturated heterocycles. The summed E-state index contributed by atoms with van der Waals surface area (Å²) in [4.78, 5) is 54.9. The first-order valence-electron chi connectivity index (χ1n) is 7.76. The van der Waals surface area contributed by atoms with Crippen molar-refractivity contribution in [1.82, 2.24) is 9.55 Å². The number of allylic oxidation sites excluding steroid dienone is 2. The van der Waals surface area contributed by atoms with Gasteiger partial charge in [-0.15, -0.1) is 0 Å². The van der Waals surface area contributed by atoms with Crippen LogP contribution in [0.25, 0.3) is 0 Å². The van der Waals surface area contributed by atoms with Crippen LogP contribution in [0.4, 0.5) is 0 Å². The second-order valence-corrected chi connectivity index (χ2v) is 7.14. The quantitative estimate of drug-likeness (QED) is 0.394. The zero-order chi connectivity index (χ0) is 18.6. The van der Waals surface area contributed by atoms with Crippen LogP contribution in [0, 0.1) is 18.8 Å². The molecule has 25 heavy (non-hydrogen) atoms. The van der Waals surface area contributed by atoms with E-state index < -0.39 is 31.4 Å². The molecule has 9 nitrogen and oxygen atoms in total. The molecule has 138 valence electrons. The number of aryl methyl sites for hydroxylation is 1. The van der Waals surface area contributed by atoms with E-state index in [1.165, 1.54) is 10.8 Å². The highest BCUT2D eigenvalue weighted by Gasteiger charge is 2.30. The Hall–Kier alpha value is -1.80. The highest BCUT2D eigenvalue weighted by Crippen LogP contribution is 2.34. The van der Waals surface area contributed by atoms with Crippen LogP contribution in [-0.4, -0.2) is 42.9 Å². The van der Waals surface area contributed by atoms with Gasteiger partial charge in [-0.25, -0.2) is 9.59 Å². The van der Waals surface area contributed by atoms with Gasteiger partial charge in [0.15, 0.2) is 0 Å². The Balaban J connectivity index is 2.10. The van der Waals surface area contributed by atoms with Crippen molar-refractivity contribution in [3.05, 3.63) is 44.8 Å². The summed E-state index contributed by atoms with van der Waals surface area (Å²) in [5.74, 6) is -3.17. The summed E-state index contributed by atoms with van der Waals surface area (Å²) in [6, 6.07) is 0. The van der Waals surface area contributed by atoms with Crippen molar-refractivity contribution >= 4 is 14.3 Å². The molecule has 1 aliphatic rings. The van der Waals surface area contributed by atoms with Gasteiger partial charge in [0.25, 0.3) is 5.56 Å². The lowest BCUT2D eigenvalue weighted by Crippen LogP contribution is -2.36. The number of H-pyrrole nitrogens is 1. The number of aromatic amines is 1. The van der Waals surface area contributed by atoms with Gasteiger partial charge in [0.1, 0.15) is 0 Å². The average Bonchev–Trinajstić information content (AvgIpc) is 2.53. The van der Waals surface area contributed by atoms with Crippen LogP contribution in [0.2, 0.25) is 0 Å². The zero-order valence-electron chi connectivity index (χ0n) is 13.7. The highest BCUT2D eigenvalue weighted by atomic mass is 31.2. The van der Waals surface area contributed by atoms with E-state index in [2.05, 4.69) is 4.98 Å². The van der Waals surface area contributed by atoms with Gasteiger partial charge in [-0.3, -0.25) is 9.78 Å². The van der Waals surface area contributed by atoms with Crippen molar-refractivity contribution in [3.8, 4) is 0 Å². The van der Waals surface area contributed by atoms with Crippen molar-refractivity contribution in [1.29, 1.82) is 0 Å². The lowest BCUT2D eigenvalue weighted by Gasteiger charge is -2.29. The third-order valence-electron chi connectivity index (χ3n) is 4.22. The highest BCUT2D eigenvalue weighted by molar-refractivity contribution is 7.46. The lowest BCUT2D eigenvalue weighted by atomic mass is 9.83. The van der Waals surface area contributed by atoms with Gasteiger partial charge >= 0.3 is 11.7 Å². The molecule has 0 amide bonds. The lowest BCUT2D eigenvalue weighted by molar-refractivity contribution is -0.146. The molecule has 1 aromatic heterocycles. The minimum Gasteiger partial charge on any atom is -0.479 e. The molecule has 2 rings (SSSR count). The molecule has 1 aliphatic carbocycles. The van der Waals surface area contributed by atoms with E-state index in [0.29, 0.717) is 24.9 Å². The van der Waals surface area contributed by atoms with E-state index in [4.69, 9.17) is 19.6 Å². The van der Waals surface area contributed by atoms with Crippen LogP contribution in [0.5, 0.6) is 0 Å². The molecule has 0 spiro atoms. The Kier molecular flexibility index (Phi) is 6.66. The molecule has 1 aromatic rings. The van der Waals surface area contributed by atoms with Gasteiger partial charge in [0.2, 0.25) is 14.2 Å². The number of rotatable bonds is 7. The third kappa shape index (κ3) is 5.09. The molecule has 0 saturated carbocycles. The third-order valence-corrected chi connectivity index (χ3v) is 5.01. The van der Waals surface area contributed by atoms with Gasteiger partial charge in [0.05, 0.1) is 6.61 Å². The Bertz CT molecular complexity index is 755. The Morgan fingerprint density at radius 1 is 1.36 bits per heavy atom. The number of ether oxygens (including phenoxy) is 1. The number of carboxylic acid groups (broad SMARTS) is 1. The molecule has 0 fully saturated rings. The van der Waals surface area contributed by atoms with Crippen molar-refractivity contribution in [2.75, 3.05) is 6.61 Å². The number of hydrogen-bond acceptors (Lipinski definition) is 6. The first-order valence-corrected chi connectivity index (χ1v) is 9.08. The van der Waals surface area contributed by atoms with Gasteiger partial charge in [-0.2, -0.15) is 0 Å².